The molecular formula is C16H20O6S. The van der Waals surface area contributed by atoms with Crippen molar-refractivity contribution in [2.45, 2.75) is 24.0 Å². The Hall–Kier alpha value is -1.89. The van der Waals surface area contributed by atoms with Crippen molar-refractivity contribution < 1.29 is 27.5 Å². The Balaban J connectivity index is 2.60. The van der Waals surface area contributed by atoms with Gasteiger partial charge in [0, 0.05) is 5.92 Å². The second kappa shape index (κ2) is 5.96. The summed E-state index contributed by atoms with van der Waals surface area (Å²) in [5.74, 6) is -2.63. The van der Waals surface area contributed by atoms with Gasteiger partial charge in [0.15, 0.2) is 15.3 Å². The minimum absolute atomic E-state index is 0.0744. The van der Waals surface area contributed by atoms with Crippen molar-refractivity contribution in [1.29, 1.82) is 0 Å². The van der Waals surface area contributed by atoms with Gasteiger partial charge in [0.2, 0.25) is 0 Å². The molecule has 0 aromatic heterocycles. The van der Waals surface area contributed by atoms with Gasteiger partial charge >= 0.3 is 11.9 Å². The van der Waals surface area contributed by atoms with E-state index in [-0.39, 0.29) is 10.8 Å². The average Bonchev–Trinajstić information content (AvgIpc) is 3.26. The van der Waals surface area contributed by atoms with Crippen LogP contribution in [0.15, 0.2) is 35.2 Å². The van der Waals surface area contributed by atoms with Crippen LogP contribution in [0.3, 0.4) is 0 Å². The Morgan fingerprint density at radius 3 is 1.91 bits per heavy atom. The summed E-state index contributed by atoms with van der Waals surface area (Å²) in [7, 11) is -1.61. The van der Waals surface area contributed by atoms with Crippen LogP contribution in [0.25, 0.3) is 0 Å². The van der Waals surface area contributed by atoms with Crippen LogP contribution in [0.4, 0.5) is 0 Å². The molecule has 7 heteroatoms. The quantitative estimate of drug-likeness (QED) is 0.595. The van der Waals surface area contributed by atoms with Crippen molar-refractivity contribution in [2.24, 2.45) is 17.3 Å². The monoisotopic (exact) mass is 340 g/mol. The van der Waals surface area contributed by atoms with Crippen molar-refractivity contribution in [1.82, 2.24) is 0 Å². The van der Waals surface area contributed by atoms with Gasteiger partial charge in [-0.25, -0.2) is 8.42 Å². The van der Waals surface area contributed by atoms with Gasteiger partial charge in [-0.2, -0.15) is 0 Å². The van der Waals surface area contributed by atoms with E-state index in [2.05, 4.69) is 0 Å². The van der Waals surface area contributed by atoms with Gasteiger partial charge in [-0.15, -0.1) is 0 Å². The first-order valence-electron chi connectivity index (χ1n) is 7.22. The number of benzene rings is 1. The average molecular weight is 340 g/mol. The summed E-state index contributed by atoms with van der Waals surface area (Å²) in [6, 6.07) is 7.78. The highest BCUT2D eigenvalue weighted by Gasteiger charge is 2.81. The lowest BCUT2D eigenvalue weighted by molar-refractivity contribution is -0.162. The predicted molar refractivity (Wildman–Crippen MR) is 82.2 cm³/mol. The van der Waals surface area contributed by atoms with Crippen LogP contribution in [0.1, 0.15) is 13.8 Å². The van der Waals surface area contributed by atoms with Crippen LogP contribution in [0, 0.1) is 17.3 Å². The third kappa shape index (κ3) is 2.43. The fourth-order valence-corrected chi connectivity index (χ4v) is 5.88. The summed E-state index contributed by atoms with van der Waals surface area (Å²) < 4.78 is 35.4. The highest BCUT2D eigenvalue weighted by Crippen LogP contribution is 2.62. The maximum atomic E-state index is 13.0. The van der Waals surface area contributed by atoms with Crippen molar-refractivity contribution in [2.75, 3.05) is 14.2 Å². The number of hydrogen-bond donors (Lipinski definition) is 0. The fourth-order valence-electron chi connectivity index (χ4n) is 3.38. The topological polar surface area (TPSA) is 86.7 Å². The van der Waals surface area contributed by atoms with E-state index in [0.29, 0.717) is 0 Å². The van der Waals surface area contributed by atoms with Gasteiger partial charge in [0.05, 0.1) is 24.4 Å². The van der Waals surface area contributed by atoms with Gasteiger partial charge in [0.1, 0.15) is 0 Å². The Morgan fingerprint density at radius 1 is 1.04 bits per heavy atom. The summed E-state index contributed by atoms with van der Waals surface area (Å²) in [6.07, 6.45) is 0. The first kappa shape index (κ1) is 17.5. The molecular weight excluding hydrogens is 320 g/mol. The molecule has 1 fully saturated rings. The first-order chi connectivity index (χ1) is 10.8. The van der Waals surface area contributed by atoms with Gasteiger partial charge in [-0.1, -0.05) is 32.0 Å². The summed E-state index contributed by atoms with van der Waals surface area (Å²) in [5, 5.41) is -1.18. The summed E-state index contributed by atoms with van der Waals surface area (Å²) in [4.78, 5) is 24.7. The normalized spacial score (nSPS) is 22.5. The molecule has 0 saturated heterocycles. The number of esters is 2. The zero-order valence-corrected chi connectivity index (χ0v) is 14.3. The van der Waals surface area contributed by atoms with Gasteiger partial charge in [0.25, 0.3) is 0 Å². The minimum Gasteiger partial charge on any atom is -0.468 e. The molecule has 0 heterocycles. The first-order valence-corrected chi connectivity index (χ1v) is 8.76. The smallest absolute Gasteiger partial charge is 0.324 e. The van der Waals surface area contributed by atoms with Crippen LogP contribution in [-0.4, -0.2) is 39.8 Å². The zero-order valence-electron chi connectivity index (χ0n) is 13.5. The third-order valence-electron chi connectivity index (χ3n) is 4.36. The molecule has 6 nitrogen and oxygen atoms in total. The van der Waals surface area contributed by atoms with Crippen LogP contribution in [0.5, 0.6) is 0 Å². The number of ether oxygens (including phenoxy) is 2. The summed E-state index contributed by atoms with van der Waals surface area (Å²) >= 11 is 0. The van der Waals surface area contributed by atoms with E-state index >= 15 is 0 Å². The number of carbonyl (C=O) groups is 2. The maximum absolute atomic E-state index is 13.0. The van der Waals surface area contributed by atoms with Crippen molar-refractivity contribution >= 4 is 21.8 Å². The molecule has 2 atom stereocenters. The van der Waals surface area contributed by atoms with E-state index in [1.807, 2.05) is 0 Å². The lowest BCUT2D eigenvalue weighted by Gasteiger charge is -2.14. The minimum atomic E-state index is -3.88. The summed E-state index contributed by atoms with van der Waals surface area (Å²) in [6.45, 7) is 3.54. The standard InChI is InChI=1S/C16H20O6S/c1-10(2)12-13(16(12,14(17)21-3)15(18)22-4)23(19,20)11-8-6-5-7-9-11/h5-10,12-13H,1-4H3/t12-,13+/m0/s1. The molecule has 23 heavy (non-hydrogen) atoms. The number of rotatable bonds is 5. The van der Waals surface area contributed by atoms with Crippen LogP contribution in [0.2, 0.25) is 0 Å². The molecule has 126 valence electrons. The molecule has 0 radical (unpaired) electrons. The fraction of sp³-hybridized carbons (Fsp3) is 0.500. The van der Waals surface area contributed by atoms with E-state index in [9.17, 15) is 18.0 Å². The molecule has 1 aliphatic carbocycles. The number of sulfone groups is 1. The Kier molecular flexibility index (Phi) is 4.52. The number of hydrogen-bond acceptors (Lipinski definition) is 6. The molecule has 2 rings (SSSR count). The third-order valence-corrected chi connectivity index (χ3v) is 6.63. The largest absolute Gasteiger partial charge is 0.468 e. The van der Waals surface area contributed by atoms with Crippen molar-refractivity contribution in [3.05, 3.63) is 30.3 Å². The molecule has 1 aromatic rings. The highest BCUT2D eigenvalue weighted by atomic mass is 32.2. The molecule has 1 saturated carbocycles. The second-order valence-electron chi connectivity index (χ2n) is 5.90. The number of methoxy groups -OCH3 is 2. The van der Waals surface area contributed by atoms with Gasteiger partial charge in [-0.3, -0.25) is 9.59 Å². The molecule has 0 aliphatic heterocycles. The maximum Gasteiger partial charge on any atom is 0.324 e. The van der Waals surface area contributed by atoms with Crippen molar-refractivity contribution in [3.8, 4) is 0 Å². The Labute approximate surface area is 135 Å². The zero-order chi connectivity index (χ0) is 17.4. The summed E-state index contributed by atoms with van der Waals surface area (Å²) in [5.41, 5.74) is -1.80. The molecule has 0 N–H and O–H groups in total. The number of carbonyl (C=O) groups excluding carboxylic acids is 2. The Morgan fingerprint density at radius 2 is 1.52 bits per heavy atom. The van der Waals surface area contributed by atoms with E-state index in [1.54, 1.807) is 32.0 Å². The molecule has 1 aromatic carbocycles. The van der Waals surface area contributed by atoms with E-state index < -0.39 is 38.4 Å². The van der Waals surface area contributed by atoms with Crippen LogP contribution >= 0.6 is 0 Å². The Bertz CT molecular complexity index is 691. The highest BCUT2D eigenvalue weighted by molar-refractivity contribution is 7.92. The molecule has 0 amide bonds. The second-order valence-corrected chi connectivity index (χ2v) is 7.97. The predicted octanol–water partition coefficient (Wildman–Crippen LogP) is 1.45. The molecule has 0 spiro atoms. The van der Waals surface area contributed by atoms with Gasteiger partial charge < -0.3 is 9.47 Å². The van der Waals surface area contributed by atoms with E-state index in [4.69, 9.17) is 9.47 Å². The van der Waals surface area contributed by atoms with Crippen molar-refractivity contribution in [3.63, 3.8) is 0 Å². The molecule has 0 unspecified atom stereocenters. The SMILES string of the molecule is COC(=O)C1(C(=O)OC)[C@H](S(=O)(=O)c2ccccc2)[C@@H]1C(C)C. The van der Waals surface area contributed by atoms with E-state index in [1.165, 1.54) is 12.1 Å². The van der Waals surface area contributed by atoms with Crippen LogP contribution in [-0.2, 0) is 28.9 Å². The van der Waals surface area contributed by atoms with E-state index in [0.717, 1.165) is 14.2 Å². The lowest BCUT2D eigenvalue weighted by atomic mass is 9.97. The van der Waals surface area contributed by atoms with Crippen LogP contribution < -0.4 is 0 Å². The molecule has 1 aliphatic rings. The van der Waals surface area contributed by atoms with Gasteiger partial charge in [-0.05, 0) is 18.1 Å². The lowest BCUT2D eigenvalue weighted by Crippen LogP contribution is -2.35. The molecule has 0 bridgehead atoms.